The average Bonchev–Trinajstić information content (AvgIpc) is 3.65. The molecule has 1 unspecified atom stereocenters. The number of ether oxygens (including phenoxy) is 2. The summed E-state index contributed by atoms with van der Waals surface area (Å²) in [6.07, 6.45) is 0.810. The maximum Gasteiger partial charge on any atom is 0.408 e. The lowest BCUT2D eigenvalue weighted by Gasteiger charge is -2.16. The number of amidine groups is 1. The topological polar surface area (TPSA) is 122 Å². The van der Waals surface area contributed by atoms with Crippen molar-refractivity contribution in [1.29, 1.82) is 0 Å². The van der Waals surface area contributed by atoms with Crippen LogP contribution in [0.1, 0.15) is 29.1 Å². The molecule has 12 heteroatoms. The fourth-order valence-electron chi connectivity index (χ4n) is 4.29. The molecular formula is C32H29FN4O6S. The molecule has 3 amide bonds. The van der Waals surface area contributed by atoms with Crippen LogP contribution in [-0.2, 0) is 27.5 Å². The predicted molar refractivity (Wildman–Crippen MR) is 164 cm³/mol. The van der Waals surface area contributed by atoms with Gasteiger partial charge in [-0.2, -0.15) is 0 Å². The van der Waals surface area contributed by atoms with Gasteiger partial charge in [0, 0.05) is 11.8 Å². The molecule has 1 fully saturated rings. The Labute approximate surface area is 257 Å². The molecule has 226 valence electrons. The first-order valence-corrected chi connectivity index (χ1v) is 14.5. The van der Waals surface area contributed by atoms with E-state index in [1.807, 2.05) is 30.3 Å². The Bertz CT molecular complexity index is 1650. The van der Waals surface area contributed by atoms with Crippen LogP contribution in [0.4, 0.5) is 20.6 Å². The van der Waals surface area contributed by atoms with Gasteiger partial charge in [0.1, 0.15) is 23.7 Å². The second kappa shape index (κ2) is 13.9. The SMILES string of the molecule is COc1ccc(N=C2SC(c3ccc(NC(=O)[C@@H](C)NC(=O)OCc4ccccc4)cc3)C(=O)N2Cc2ccco2)cc1F. The zero-order valence-corrected chi connectivity index (χ0v) is 24.7. The molecule has 44 heavy (non-hydrogen) atoms. The number of hydrogen-bond acceptors (Lipinski definition) is 8. The van der Waals surface area contributed by atoms with Crippen molar-refractivity contribution in [2.75, 3.05) is 12.4 Å². The van der Waals surface area contributed by atoms with Gasteiger partial charge >= 0.3 is 6.09 Å². The van der Waals surface area contributed by atoms with Gasteiger partial charge in [-0.05, 0) is 54.4 Å². The van der Waals surface area contributed by atoms with Gasteiger partial charge in [0.2, 0.25) is 11.8 Å². The number of methoxy groups -OCH3 is 1. The van der Waals surface area contributed by atoms with Crippen LogP contribution in [-0.4, -0.2) is 41.1 Å². The van der Waals surface area contributed by atoms with E-state index in [1.54, 1.807) is 49.4 Å². The van der Waals surface area contributed by atoms with Crippen LogP contribution in [0, 0.1) is 5.82 Å². The van der Waals surface area contributed by atoms with Gasteiger partial charge in [0.15, 0.2) is 16.7 Å². The molecule has 0 aliphatic carbocycles. The number of amides is 3. The third kappa shape index (κ3) is 7.45. The zero-order chi connectivity index (χ0) is 31.1. The van der Waals surface area contributed by atoms with Crippen LogP contribution < -0.4 is 15.4 Å². The first kappa shape index (κ1) is 30.4. The quantitative estimate of drug-likeness (QED) is 0.218. The number of aliphatic imine (C=N–C) groups is 1. The molecule has 3 aromatic carbocycles. The van der Waals surface area contributed by atoms with Crippen molar-refractivity contribution in [3.63, 3.8) is 0 Å². The van der Waals surface area contributed by atoms with E-state index < -0.39 is 29.1 Å². The summed E-state index contributed by atoms with van der Waals surface area (Å²) >= 11 is 1.23. The molecule has 1 saturated heterocycles. The van der Waals surface area contributed by atoms with E-state index in [0.717, 1.165) is 5.56 Å². The van der Waals surface area contributed by atoms with Crippen molar-refractivity contribution in [2.24, 2.45) is 4.99 Å². The molecule has 0 spiro atoms. The minimum atomic E-state index is -0.860. The Hall–Kier alpha value is -5.10. The van der Waals surface area contributed by atoms with Gasteiger partial charge in [-0.1, -0.05) is 54.2 Å². The van der Waals surface area contributed by atoms with Crippen LogP contribution >= 0.6 is 11.8 Å². The number of nitrogens with zero attached hydrogens (tertiary/aromatic N) is 2. The average molecular weight is 617 g/mol. The number of nitrogens with one attached hydrogen (secondary N) is 2. The van der Waals surface area contributed by atoms with Crippen LogP contribution in [0.5, 0.6) is 5.75 Å². The summed E-state index contributed by atoms with van der Waals surface area (Å²) < 4.78 is 29.9. The molecule has 4 aromatic rings. The second-order valence-electron chi connectivity index (χ2n) is 9.75. The lowest BCUT2D eigenvalue weighted by Crippen LogP contribution is -2.41. The van der Waals surface area contributed by atoms with E-state index >= 15 is 0 Å². The Morgan fingerprint density at radius 2 is 1.84 bits per heavy atom. The number of thioether (sulfide) groups is 1. The number of hydrogen-bond donors (Lipinski definition) is 2. The van der Waals surface area contributed by atoms with E-state index in [9.17, 15) is 18.8 Å². The molecule has 1 aliphatic rings. The molecule has 1 aliphatic heterocycles. The van der Waals surface area contributed by atoms with E-state index in [-0.39, 0.29) is 24.8 Å². The van der Waals surface area contributed by atoms with Gasteiger partial charge in [-0.3, -0.25) is 14.5 Å². The molecule has 5 rings (SSSR count). The molecule has 10 nitrogen and oxygen atoms in total. The van der Waals surface area contributed by atoms with Gasteiger partial charge in [0.05, 0.1) is 25.6 Å². The summed E-state index contributed by atoms with van der Waals surface area (Å²) in [5.41, 5.74) is 2.32. The first-order valence-electron chi connectivity index (χ1n) is 13.6. The lowest BCUT2D eigenvalue weighted by atomic mass is 10.1. The maximum atomic E-state index is 14.3. The van der Waals surface area contributed by atoms with Crippen LogP contribution in [0.15, 0.2) is 101 Å². The highest BCUT2D eigenvalue weighted by atomic mass is 32.2. The molecular weight excluding hydrogens is 587 g/mol. The smallest absolute Gasteiger partial charge is 0.408 e. The summed E-state index contributed by atoms with van der Waals surface area (Å²) in [4.78, 5) is 44.4. The van der Waals surface area contributed by atoms with E-state index in [0.29, 0.717) is 27.9 Å². The lowest BCUT2D eigenvalue weighted by molar-refractivity contribution is -0.126. The minimum absolute atomic E-state index is 0.0860. The largest absolute Gasteiger partial charge is 0.494 e. The van der Waals surface area contributed by atoms with Gasteiger partial charge in [-0.15, -0.1) is 0 Å². The normalized spacial score (nSPS) is 16.1. The molecule has 2 atom stereocenters. The molecule has 1 aromatic heterocycles. The predicted octanol–water partition coefficient (Wildman–Crippen LogP) is 6.19. The third-order valence-electron chi connectivity index (χ3n) is 6.62. The number of carbonyl (C=O) groups excluding carboxylic acids is 3. The summed E-state index contributed by atoms with van der Waals surface area (Å²) in [6, 6.07) is 23.0. The molecule has 2 N–H and O–H groups in total. The fourth-order valence-corrected chi connectivity index (χ4v) is 5.46. The van der Waals surface area contributed by atoms with Crippen LogP contribution in [0.25, 0.3) is 0 Å². The van der Waals surface area contributed by atoms with Crippen molar-refractivity contribution in [2.45, 2.75) is 31.4 Å². The van der Waals surface area contributed by atoms with Crippen molar-refractivity contribution in [1.82, 2.24) is 10.2 Å². The Balaban J connectivity index is 1.24. The van der Waals surface area contributed by atoms with Crippen molar-refractivity contribution in [3.8, 4) is 5.75 Å². The summed E-state index contributed by atoms with van der Waals surface area (Å²) in [5.74, 6) is -0.564. The van der Waals surface area contributed by atoms with E-state index in [2.05, 4.69) is 15.6 Å². The highest BCUT2D eigenvalue weighted by Gasteiger charge is 2.39. The van der Waals surface area contributed by atoms with Crippen molar-refractivity contribution in [3.05, 3.63) is 114 Å². The zero-order valence-electron chi connectivity index (χ0n) is 23.9. The second-order valence-corrected chi connectivity index (χ2v) is 10.8. The Morgan fingerprint density at radius 3 is 2.52 bits per heavy atom. The Kier molecular flexibility index (Phi) is 9.60. The number of benzene rings is 3. The van der Waals surface area contributed by atoms with Crippen molar-refractivity contribution < 1.29 is 32.7 Å². The number of furan rings is 1. The minimum Gasteiger partial charge on any atom is -0.494 e. The molecule has 0 radical (unpaired) electrons. The van der Waals surface area contributed by atoms with Gasteiger partial charge in [-0.25, -0.2) is 14.2 Å². The number of halogens is 1. The highest BCUT2D eigenvalue weighted by Crippen LogP contribution is 2.41. The fraction of sp³-hybridized carbons (Fsp3) is 0.188. The maximum absolute atomic E-state index is 14.3. The monoisotopic (exact) mass is 616 g/mol. The number of carbonyl (C=O) groups is 3. The molecule has 0 saturated carbocycles. The third-order valence-corrected chi connectivity index (χ3v) is 7.85. The highest BCUT2D eigenvalue weighted by molar-refractivity contribution is 8.15. The first-order chi connectivity index (χ1) is 21.3. The van der Waals surface area contributed by atoms with E-state index in [4.69, 9.17) is 13.9 Å². The summed E-state index contributed by atoms with van der Waals surface area (Å²) in [5, 5.41) is 5.02. The number of anilines is 1. The van der Waals surface area contributed by atoms with E-state index in [1.165, 1.54) is 42.2 Å². The summed E-state index contributed by atoms with van der Waals surface area (Å²) in [7, 11) is 1.38. The number of alkyl carbamates (subject to hydrolysis) is 1. The number of rotatable bonds is 10. The van der Waals surface area contributed by atoms with Crippen LogP contribution in [0.3, 0.4) is 0 Å². The Morgan fingerprint density at radius 1 is 1.07 bits per heavy atom. The van der Waals surface area contributed by atoms with Gasteiger partial charge in [0.25, 0.3) is 0 Å². The van der Waals surface area contributed by atoms with Gasteiger partial charge < -0.3 is 24.5 Å². The molecule has 2 heterocycles. The summed E-state index contributed by atoms with van der Waals surface area (Å²) in [6.45, 7) is 1.78. The molecule has 0 bridgehead atoms. The standard InChI is InChI=1S/C32H29FN4O6S/c1-20(34-32(40)43-19-21-7-4-3-5-8-21)29(38)35-23-12-10-22(11-13-23)28-30(39)37(18-25-9-6-16-42-25)31(44-28)36-24-14-15-27(41-2)26(33)17-24/h3-17,20,28H,18-19H2,1-2H3,(H,34,40)(H,35,38)/t20-,28?/m1/s1. The van der Waals surface area contributed by atoms with Crippen molar-refractivity contribution >= 4 is 46.2 Å². The van der Waals surface area contributed by atoms with Crippen LogP contribution in [0.2, 0.25) is 0 Å².